The van der Waals surface area contributed by atoms with Crippen molar-refractivity contribution in [2.24, 2.45) is 4.99 Å². The van der Waals surface area contributed by atoms with Gasteiger partial charge in [0.2, 0.25) is 5.60 Å². The predicted octanol–water partition coefficient (Wildman–Crippen LogP) is 4.69. The molecule has 0 fully saturated rings. The minimum Gasteiger partial charge on any atom is -0.496 e. The molecular formula is C20H21F5N2O2. The van der Waals surface area contributed by atoms with Gasteiger partial charge in [0.05, 0.1) is 19.1 Å². The number of nitrogens with zero attached hydrogens (tertiary/aromatic N) is 2. The standard InChI is InChI=1S/C20H21F5N2O2/c1-5-27(3)11-26-16-10-17(29-4)14(9-12(16)2)19(28,20(23,24)25)13-7-6-8-15(21)18(13)22/h6-11,28H,5H2,1-4H3. The summed E-state index contributed by atoms with van der Waals surface area (Å²) in [5, 5.41) is 10.7. The van der Waals surface area contributed by atoms with Crippen LogP contribution in [0.25, 0.3) is 0 Å². The van der Waals surface area contributed by atoms with E-state index in [0.717, 1.165) is 19.2 Å². The fourth-order valence-corrected chi connectivity index (χ4v) is 2.74. The second-order valence-corrected chi connectivity index (χ2v) is 6.47. The van der Waals surface area contributed by atoms with Crippen LogP contribution in [0.15, 0.2) is 35.3 Å². The Morgan fingerprint density at radius 3 is 2.38 bits per heavy atom. The van der Waals surface area contributed by atoms with Crippen LogP contribution in [0.5, 0.6) is 5.75 Å². The van der Waals surface area contributed by atoms with Crippen molar-refractivity contribution in [1.82, 2.24) is 4.90 Å². The van der Waals surface area contributed by atoms with Crippen molar-refractivity contribution in [3.63, 3.8) is 0 Å². The van der Waals surface area contributed by atoms with Crippen molar-refractivity contribution >= 4 is 12.0 Å². The number of methoxy groups -OCH3 is 1. The van der Waals surface area contributed by atoms with E-state index in [-0.39, 0.29) is 11.3 Å². The average molecular weight is 416 g/mol. The molecule has 0 amide bonds. The smallest absolute Gasteiger partial charge is 0.426 e. The molecule has 1 unspecified atom stereocenters. The zero-order valence-corrected chi connectivity index (χ0v) is 16.3. The summed E-state index contributed by atoms with van der Waals surface area (Å²) in [5.41, 5.74) is -5.28. The number of aliphatic hydroxyl groups is 1. The highest BCUT2D eigenvalue weighted by Gasteiger charge is 2.59. The Morgan fingerprint density at radius 1 is 1.17 bits per heavy atom. The Bertz CT molecular complexity index is 914. The first-order valence-corrected chi connectivity index (χ1v) is 8.64. The Balaban J connectivity index is 2.77. The van der Waals surface area contributed by atoms with Gasteiger partial charge in [-0.2, -0.15) is 13.2 Å². The van der Waals surface area contributed by atoms with Crippen LogP contribution in [0.4, 0.5) is 27.6 Å². The minimum absolute atomic E-state index is 0.279. The van der Waals surface area contributed by atoms with Crippen molar-refractivity contribution in [1.29, 1.82) is 0 Å². The van der Waals surface area contributed by atoms with Crippen molar-refractivity contribution in [3.8, 4) is 5.75 Å². The Morgan fingerprint density at radius 2 is 1.83 bits per heavy atom. The van der Waals surface area contributed by atoms with Crippen LogP contribution in [0.3, 0.4) is 0 Å². The van der Waals surface area contributed by atoms with Crippen molar-refractivity contribution in [2.75, 3.05) is 20.7 Å². The molecule has 0 bridgehead atoms. The highest BCUT2D eigenvalue weighted by atomic mass is 19.4. The van der Waals surface area contributed by atoms with E-state index >= 15 is 0 Å². The molecular weight excluding hydrogens is 395 g/mol. The first kappa shape index (κ1) is 22.6. The first-order valence-electron chi connectivity index (χ1n) is 8.64. The summed E-state index contributed by atoms with van der Waals surface area (Å²) < 4.78 is 75.0. The highest BCUT2D eigenvalue weighted by molar-refractivity contribution is 5.66. The van der Waals surface area contributed by atoms with Gasteiger partial charge >= 0.3 is 6.18 Å². The van der Waals surface area contributed by atoms with Gasteiger partial charge in [-0.25, -0.2) is 13.8 Å². The molecule has 9 heteroatoms. The van der Waals surface area contributed by atoms with Crippen molar-refractivity contribution in [2.45, 2.75) is 25.6 Å². The number of benzene rings is 2. The van der Waals surface area contributed by atoms with Gasteiger partial charge in [-0.3, -0.25) is 0 Å². The SMILES string of the molecule is CCN(C)C=Nc1cc(OC)c(C(O)(c2cccc(F)c2F)C(F)(F)F)cc1C. The van der Waals surface area contributed by atoms with Crippen molar-refractivity contribution < 1.29 is 31.8 Å². The Hall–Kier alpha value is -2.68. The summed E-state index contributed by atoms with van der Waals surface area (Å²) in [6.07, 6.45) is -3.88. The van der Waals surface area contributed by atoms with Gasteiger partial charge in [-0.05, 0) is 31.5 Å². The van der Waals surface area contributed by atoms with Crippen LogP contribution >= 0.6 is 0 Å². The third-order valence-electron chi connectivity index (χ3n) is 4.55. The van der Waals surface area contributed by atoms with E-state index in [1.807, 2.05) is 6.92 Å². The number of rotatable bonds is 6. The van der Waals surface area contributed by atoms with Gasteiger partial charge in [-0.1, -0.05) is 12.1 Å². The van der Waals surface area contributed by atoms with E-state index in [4.69, 9.17) is 4.74 Å². The van der Waals surface area contributed by atoms with Gasteiger partial charge in [0.15, 0.2) is 11.6 Å². The summed E-state index contributed by atoms with van der Waals surface area (Å²) in [4.78, 5) is 5.94. The van der Waals surface area contributed by atoms with Gasteiger partial charge in [0.1, 0.15) is 5.75 Å². The van der Waals surface area contributed by atoms with E-state index in [0.29, 0.717) is 24.4 Å². The first-order chi connectivity index (χ1) is 13.5. The second-order valence-electron chi connectivity index (χ2n) is 6.47. The monoisotopic (exact) mass is 416 g/mol. The maximum atomic E-state index is 14.3. The lowest BCUT2D eigenvalue weighted by molar-refractivity contribution is -0.249. The van der Waals surface area contributed by atoms with Crippen LogP contribution in [-0.4, -0.2) is 43.2 Å². The molecule has 0 spiro atoms. The molecule has 0 saturated carbocycles. The van der Waals surface area contributed by atoms with Crippen LogP contribution in [0.2, 0.25) is 0 Å². The summed E-state index contributed by atoms with van der Waals surface area (Å²) in [6, 6.07) is 4.46. The van der Waals surface area contributed by atoms with Crippen LogP contribution in [0.1, 0.15) is 23.6 Å². The molecule has 1 atom stereocenters. The number of aryl methyl sites for hydroxylation is 1. The maximum absolute atomic E-state index is 14.3. The van der Waals surface area contributed by atoms with E-state index in [1.54, 1.807) is 11.9 Å². The molecule has 0 heterocycles. The Kier molecular flexibility index (Phi) is 6.52. The van der Waals surface area contributed by atoms with Crippen LogP contribution < -0.4 is 4.74 Å². The second kappa shape index (κ2) is 8.36. The summed E-state index contributed by atoms with van der Waals surface area (Å²) in [5.74, 6) is -3.67. The molecule has 0 aliphatic heterocycles. The minimum atomic E-state index is -5.37. The van der Waals surface area contributed by atoms with E-state index in [9.17, 15) is 27.1 Å². The van der Waals surface area contributed by atoms with Gasteiger partial charge < -0.3 is 14.7 Å². The largest absolute Gasteiger partial charge is 0.496 e. The van der Waals surface area contributed by atoms with Crippen molar-refractivity contribution in [3.05, 3.63) is 58.7 Å². The van der Waals surface area contributed by atoms with E-state index < -0.39 is 34.5 Å². The number of ether oxygens (including phenoxy) is 1. The average Bonchev–Trinajstić information content (AvgIpc) is 2.67. The zero-order valence-electron chi connectivity index (χ0n) is 16.3. The lowest BCUT2D eigenvalue weighted by atomic mass is 9.83. The molecule has 0 saturated heterocycles. The normalized spacial score (nSPS) is 14.1. The number of hydrogen-bond donors (Lipinski definition) is 1. The topological polar surface area (TPSA) is 45.1 Å². The van der Waals surface area contributed by atoms with E-state index in [1.165, 1.54) is 19.3 Å². The highest BCUT2D eigenvalue weighted by Crippen LogP contribution is 2.49. The third kappa shape index (κ3) is 4.19. The molecule has 2 rings (SSSR count). The molecule has 0 radical (unpaired) electrons. The summed E-state index contributed by atoms with van der Waals surface area (Å²) in [6.45, 7) is 4.03. The van der Waals surface area contributed by atoms with Gasteiger partial charge in [-0.15, -0.1) is 0 Å². The number of halogens is 5. The molecule has 0 aliphatic carbocycles. The lowest BCUT2D eigenvalue weighted by Crippen LogP contribution is -2.44. The fraction of sp³-hybridized carbons (Fsp3) is 0.350. The third-order valence-corrected chi connectivity index (χ3v) is 4.55. The Labute approximate surface area is 165 Å². The van der Waals surface area contributed by atoms with Gasteiger partial charge in [0, 0.05) is 30.8 Å². The van der Waals surface area contributed by atoms with Gasteiger partial charge in [0.25, 0.3) is 0 Å². The molecule has 0 aliphatic rings. The molecule has 2 aromatic carbocycles. The molecule has 1 N–H and O–H groups in total. The molecule has 29 heavy (non-hydrogen) atoms. The maximum Gasteiger partial charge on any atom is 0.426 e. The fourth-order valence-electron chi connectivity index (χ4n) is 2.74. The number of hydrogen-bond acceptors (Lipinski definition) is 3. The number of aliphatic imine (C=N–C) groups is 1. The molecule has 4 nitrogen and oxygen atoms in total. The molecule has 0 aromatic heterocycles. The zero-order chi connectivity index (χ0) is 22.0. The molecule has 158 valence electrons. The van der Waals surface area contributed by atoms with Crippen LogP contribution in [-0.2, 0) is 5.60 Å². The quantitative estimate of drug-likeness (QED) is 0.422. The lowest BCUT2D eigenvalue weighted by Gasteiger charge is -2.33. The number of alkyl halides is 3. The van der Waals surface area contributed by atoms with E-state index in [2.05, 4.69) is 4.99 Å². The predicted molar refractivity (Wildman–Crippen MR) is 99.6 cm³/mol. The van der Waals surface area contributed by atoms with Crippen LogP contribution in [0, 0.1) is 18.6 Å². The summed E-state index contributed by atoms with van der Waals surface area (Å²) >= 11 is 0. The summed E-state index contributed by atoms with van der Waals surface area (Å²) in [7, 11) is 2.87. The molecule has 2 aromatic rings.